The monoisotopic (exact) mass is 491 g/mol. The Hall–Kier alpha value is -3.60. The molecule has 1 aliphatic heterocycles. The number of primary amides is 1. The average molecular weight is 492 g/mol. The summed E-state index contributed by atoms with van der Waals surface area (Å²) in [5.74, 6) is -0.247. The Morgan fingerprint density at radius 2 is 1.83 bits per heavy atom. The van der Waals surface area contributed by atoms with Crippen LogP contribution in [-0.4, -0.2) is 42.0 Å². The summed E-state index contributed by atoms with van der Waals surface area (Å²) in [4.78, 5) is 31.0. The van der Waals surface area contributed by atoms with E-state index in [1.807, 2.05) is 30.0 Å². The summed E-state index contributed by atoms with van der Waals surface area (Å²) in [6, 6.07) is 12.9. The first-order chi connectivity index (χ1) is 16.8. The third-order valence-corrected chi connectivity index (χ3v) is 7.23. The fourth-order valence-electron chi connectivity index (χ4n) is 4.10. The van der Waals surface area contributed by atoms with E-state index in [1.54, 1.807) is 19.1 Å². The Labute approximate surface area is 209 Å². The van der Waals surface area contributed by atoms with Crippen LogP contribution in [0.1, 0.15) is 54.2 Å². The van der Waals surface area contributed by atoms with Gasteiger partial charge in [-0.15, -0.1) is 0 Å². The molecule has 2 unspecified atom stereocenters. The maximum atomic E-state index is 12.3. The molecule has 0 saturated carbocycles. The van der Waals surface area contributed by atoms with Crippen LogP contribution in [0.25, 0.3) is 0 Å². The largest absolute Gasteiger partial charge is 0.368 e. The molecule has 1 aliphatic rings. The Balaban J connectivity index is 1.97. The molecule has 1 aromatic heterocycles. The summed E-state index contributed by atoms with van der Waals surface area (Å²) in [6.07, 6.45) is 1.80. The van der Waals surface area contributed by atoms with Crippen molar-refractivity contribution < 1.29 is 9.59 Å². The number of hydrogen-bond donors (Lipinski definition) is 3. The lowest BCUT2D eigenvalue weighted by atomic mass is 9.99. The molecule has 2 amide bonds. The van der Waals surface area contributed by atoms with Crippen molar-refractivity contribution in [3.8, 4) is 12.1 Å². The number of amides is 2. The molecule has 3 rings (SSSR count). The molecule has 10 heteroatoms. The van der Waals surface area contributed by atoms with E-state index in [0.717, 1.165) is 11.8 Å². The van der Waals surface area contributed by atoms with E-state index in [9.17, 15) is 20.1 Å². The van der Waals surface area contributed by atoms with E-state index in [2.05, 4.69) is 17.5 Å². The van der Waals surface area contributed by atoms with Gasteiger partial charge in [-0.05, 0) is 37.3 Å². The molecule has 2 atom stereocenters. The van der Waals surface area contributed by atoms with Gasteiger partial charge in [-0.25, -0.2) is 4.98 Å². The van der Waals surface area contributed by atoms with Gasteiger partial charge in [0, 0.05) is 19.1 Å². The number of benzene rings is 1. The van der Waals surface area contributed by atoms with Crippen LogP contribution in [0, 0.1) is 22.7 Å². The zero-order valence-corrected chi connectivity index (χ0v) is 20.6. The summed E-state index contributed by atoms with van der Waals surface area (Å²) in [7, 11) is 0. The summed E-state index contributed by atoms with van der Waals surface area (Å²) in [6.45, 7) is 4.67. The van der Waals surface area contributed by atoms with E-state index in [4.69, 9.17) is 16.5 Å². The van der Waals surface area contributed by atoms with Crippen molar-refractivity contribution in [3.63, 3.8) is 0 Å². The highest BCUT2D eigenvalue weighted by atomic mass is 32.2. The number of nitriles is 2. The van der Waals surface area contributed by atoms with Gasteiger partial charge in [-0.3, -0.25) is 9.59 Å². The van der Waals surface area contributed by atoms with Crippen LogP contribution in [0.2, 0.25) is 0 Å². The zero-order chi connectivity index (χ0) is 25.5. The molecule has 182 valence electrons. The fourth-order valence-corrected chi connectivity index (χ4v) is 5.15. The number of thioether (sulfide) groups is 1. The first-order valence-electron chi connectivity index (χ1n) is 11.5. The van der Waals surface area contributed by atoms with Crippen molar-refractivity contribution in [2.24, 2.45) is 11.5 Å². The predicted molar refractivity (Wildman–Crippen MR) is 134 cm³/mol. The van der Waals surface area contributed by atoms with E-state index >= 15 is 0 Å². The Morgan fingerprint density at radius 3 is 2.34 bits per heavy atom. The number of anilines is 1. The van der Waals surface area contributed by atoms with Gasteiger partial charge in [0.1, 0.15) is 28.2 Å². The van der Waals surface area contributed by atoms with Crippen molar-refractivity contribution in [1.29, 1.82) is 10.5 Å². The van der Waals surface area contributed by atoms with Crippen LogP contribution in [0.3, 0.4) is 0 Å². The second kappa shape index (κ2) is 11.7. The highest BCUT2D eigenvalue weighted by Gasteiger charge is 2.29. The minimum atomic E-state index is -0.736. The van der Waals surface area contributed by atoms with Gasteiger partial charge in [-0.2, -0.15) is 10.5 Å². The van der Waals surface area contributed by atoms with Gasteiger partial charge < -0.3 is 21.7 Å². The fraction of sp³-hybridized carbons (Fsp3) is 0.400. The molecule has 0 bridgehead atoms. The Bertz CT molecular complexity index is 1160. The summed E-state index contributed by atoms with van der Waals surface area (Å²) >= 11 is 1.13. The molecule has 35 heavy (non-hydrogen) atoms. The highest BCUT2D eigenvalue weighted by Crippen LogP contribution is 2.39. The van der Waals surface area contributed by atoms with Crippen molar-refractivity contribution in [3.05, 3.63) is 52.6 Å². The van der Waals surface area contributed by atoms with Gasteiger partial charge in [0.2, 0.25) is 11.8 Å². The number of piperidine rings is 1. The number of hydrogen-bond acceptors (Lipinski definition) is 8. The zero-order valence-electron chi connectivity index (χ0n) is 19.8. The Morgan fingerprint density at radius 1 is 1.20 bits per heavy atom. The SMILES string of the molecule is CCc1c(C#N)c(SC(C(N)=O)c2ccccc2)nc(N2CCC(NC(=O)C(C)N)CC2)c1C#N. The lowest BCUT2D eigenvalue weighted by Gasteiger charge is -2.34. The molecule has 5 N–H and O–H groups in total. The molecule has 1 aromatic carbocycles. The summed E-state index contributed by atoms with van der Waals surface area (Å²) < 4.78 is 0. The van der Waals surface area contributed by atoms with Crippen LogP contribution in [0.5, 0.6) is 0 Å². The number of nitrogens with two attached hydrogens (primary N) is 2. The maximum absolute atomic E-state index is 12.3. The van der Waals surface area contributed by atoms with Crippen LogP contribution < -0.4 is 21.7 Å². The second-order valence-corrected chi connectivity index (χ2v) is 9.51. The molecule has 2 aromatic rings. The van der Waals surface area contributed by atoms with Crippen LogP contribution in [0.4, 0.5) is 5.82 Å². The van der Waals surface area contributed by atoms with Gasteiger partial charge in [0.15, 0.2) is 0 Å². The van der Waals surface area contributed by atoms with Crippen molar-refractivity contribution in [1.82, 2.24) is 10.3 Å². The summed E-state index contributed by atoms with van der Waals surface area (Å²) in [5.41, 5.74) is 13.3. The number of rotatable bonds is 8. The van der Waals surface area contributed by atoms with Crippen molar-refractivity contribution in [2.75, 3.05) is 18.0 Å². The second-order valence-electron chi connectivity index (χ2n) is 8.42. The molecule has 1 saturated heterocycles. The van der Waals surface area contributed by atoms with Crippen LogP contribution >= 0.6 is 11.8 Å². The third kappa shape index (κ3) is 5.91. The molecule has 2 heterocycles. The average Bonchev–Trinajstić information content (AvgIpc) is 2.86. The number of pyridine rings is 1. The molecule has 0 aliphatic carbocycles. The van der Waals surface area contributed by atoms with E-state index in [1.165, 1.54) is 0 Å². The van der Waals surface area contributed by atoms with Crippen molar-refractivity contribution >= 4 is 29.4 Å². The molecule has 1 fully saturated rings. The number of carbonyl (C=O) groups excluding carboxylic acids is 2. The van der Waals surface area contributed by atoms with Gasteiger partial charge in [0.05, 0.1) is 17.2 Å². The molecular weight excluding hydrogens is 462 g/mol. The lowest BCUT2D eigenvalue weighted by Crippen LogP contribution is -2.49. The minimum Gasteiger partial charge on any atom is -0.368 e. The standard InChI is InChI=1S/C25H29N7O2S/c1-3-18-19(13-26)23(32-11-9-17(10-12-32)30-24(34)15(2)28)31-25(20(18)14-27)35-21(22(29)33)16-7-5-4-6-8-16/h4-8,15,17,21H,3,9-12,28H2,1-2H3,(H2,29,33)(H,30,34). The lowest BCUT2D eigenvalue weighted by molar-refractivity contribution is -0.122. The maximum Gasteiger partial charge on any atom is 0.236 e. The quantitative estimate of drug-likeness (QED) is 0.473. The molecular formula is C25H29N7O2S. The van der Waals surface area contributed by atoms with Gasteiger partial charge in [-0.1, -0.05) is 49.0 Å². The number of carbonyl (C=O) groups is 2. The minimum absolute atomic E-state index is 0.00881. The van der Waals surface area contributed by atoms with Crippen LogP contribution in [0.15, 0.2) is 35.4 Å². The number of aromatic nitrogens is 1. The van der Waals surface area contributed by atoms with Gasteiger partial charge >= 0.3 is 0 Å². The van der Waals surface area contributed by atoms with E-state index in [-0.39, 0.29) is 11.9 Å². The number of nitrogens with one attached hydrogen (secondary N) is 1. The van der Waals surface area contributed by atoms with Crippen LogP contribution in [-0.2, 0) is 16.0 Å². The van der Waals surface area contributed by atoms with E-state index < -0.39 is 17.2 Å². The first kappa shape index (κ1) is 26.0. The van der Waals surface area contributed by atoms with Gasteiger partial charge in [0.25, 0.3) is 0 Å². The normalized spacial score (nSPS) is 15.5. The van der Waals surface area contributed by atoms with Crippen molar-refractivity contribution in [2.45, 2.75) is 55.5 Å². The molecule has 9 nitrogen and oxygen atoms in total. The smallest absolute Gasteiger partial charge is 0.236 e. The molecule has 0 radical (unpaired) electrons. The van der Waals surface area contributed by atoms with E-state index in [0.29, 0.717) is 65.4 Å². The highest BCUT2D eigenvalue weighted by molar-refractivity contribution is 8.00. The first-order valence-corrected chi connectivity index (χ1v) is 12.4. The predicted octanol–water partition coefficient (Wildman–Crippen LogP) is 2.14. The molecule has 0 spiro atoms. The topological polar surface area (TPSA) is 162 Å². The summed E-state index contributed by atoms with van der Waals surface area (Å²) in [5, 5.41) is 22.5. The Kier molecular flexibility index (Phi) is 8.69. The third-order valence-electron chi connectivity index (χ3n) is 5.97. The number of nitrogens with zero attached hydrogens (tertiary/aromatic N) is 4.